The topological polar surface area (TPSA) is 58.2 Å². The van der Waals surface area contributed by atoms with Gasteiger partial charge in [0.05, 0.1) is 18.5 Å². The number of nitrogens with one attached hydrogen (secondary N) is 2. The zero-order valence-electron chi connectivity index (χ0n) is 16.0. The number of carbonyl (C=O) groups is 2. The predicted octanol–water partition coefficient (Wildman–Crippen LogP) is 4.85. The van der Waals surface area contributed by atoms with Crippen LogP contribution >= 0.6 is 22.7 Å². The Morgan fingerprint density at radius 1 is 0.929 bits per heavy atom. The monoisotopic (exact) mass is 412 g/mol. The second-order valence-corrected chi connectivity index (χ2v) is 8.54. The molecule has 4 nitrogen and oxygen atoms in total. The first kappa shape index (κ1) is 20.3. The van der Waals surface area contributed by atoms with E-state index in [0.717, 1.165) is 21.7 Å². The second kappa shape index (κ2) is 9.66. The number of hydrogen-bond donors (Lipinski definition) is 2. The Morgan fingerprint density at radius 2 is 1.57 bits per heavy atom. The lowest BCUT2D eigenvalue weighted by atomic mass is 10.0. The maximum Gasteiger partial charge on any atom is 0.223 e. The Bertz CT molecular complexity index is 887. The molecule has 2 unspecified atom stereocenters. The van der Waals surface area contributed by atoms with Crippen molar-refractivity contribution in [3.05, 3.63) is 80.2 Å². The molecule has 2 N–H and O–H groups in total. The third kappa shape index (κ3) is 5.30. The number of benzene rings is 1. The van der Waals surface area contributed by atoms with Gasteiger partial charge in [0, 0.05) is 16.7 Å². The first-order valence-electron chi connectivity index (χ1n) is 9.29. The number of rotatable bonds is 8. The first-order chi connectivity index (χ1) is 13.6. The van der Waals surface area contributed by atoms with Crippen molar-refractivity contribution in [3.8, 4) is 0 Å². The molecular formula is C22H24N2O2S2. The largest absolute Gasteiger partial charge is 0.348 e. The van der Waals surface area contributed by atoms with Gasteiger partial charge in [0.25, 0.3) is 0 Å². The summed E-state index contributed by atoms with van der Waals surface area (Å²) in [6, 6.07) is 15.8. The smallest absolute Gasteiger partial charge is 0.223 e. The van der Waals surface area contributed by atoms with Gasteiger partial charge in [-0.25, -0.2) is 0 Å². The van der Waals surface area contributed by atoms with Crippen LogP contribution in [0.5, 0.6) is 0 Å². The van der Waals surface area contributed by atoms with E-state index in [-0.39, 0.29) is 30.3 Å². The van der Waals surface area contributed by atoms with Crippen LogP contribution in [0.2, 0.25) is 0 Å². The zero-order chi connectivity index (χ0) is 19.9. The summed E-state index contributed by atoms with van der Waals surface area (Å²) >= 11 is 3.16. The SMILES string of the molecule is CCc1ccc(C(NC(=O)CC(NC(C)=O)c2cccs2)c2cccs2)cc1. The zero-order valence-corrected chi connectivity index (χ0v) is 17.6. The molecule has 3 rings (SSSR count). The van der Waals surface area contributed by atoms with Crippen LogP contribution in [0.15, 0.2) is 59.3 Å². The molecule has 1 aromatic carbocycles. The number of aryl methyl sites for hydroxylation is 1. The summed E-state index contributed by atoms with van der Waals surface area (Å²) in [5.41, 5.74) is 2.32. The third-order valence-corrected chi connectivity index (χ3v) is 6.43. The summed E-state index contributed by atoms with van der Waals surface area (Å²) in [6.45, 7) is 3.60. The van der Waals surface area contributed by atoms with E-state index in [0.29, 0.717) is 0 Å². The van der Waals surface area contributed by atoms with Crippen LogP contribution in [-0.2, 0) is 16.0 Å². The predicted molar refractivity (Wildman–Crippen MR) is 116 cm³/mol. The van der Waals surface area contributed by atoms with Gasteiger partial charge in [-0.15, -0.1) is 22.7 Å². The number of hydrogen-bond acceptors (Lipinski definition) is 4. The van der Waals surface area contributed by atoms with Gasteiger partial charge in [0.2, 0.25) is 11.8 Å². The van der Waals surface area contributed by atoms with Gasteiger partial charge >= 0.3 is 0 Å². The van der Waals surface area contributed by atoms with Gasteiger partial charge in [0.1, 0.15) is 0 Å². The maximum absolute atomic E-state index is 12.9. The Morgan fingerprint density at radius 3 is 2.11 bits per heavy atom. The summed E-state index contributed by atoms with van der Waals surface area (Å²) < 4.78 is 0. The van der Waals surface area contributed by atoms with Crippen molar-refractivity contribution < 1.29 is 9.59 Å². The number of amides is 2. The Balaban J connectivity index is 1.77. The molecule has 2 atom stereocenters. The molecule has 28 heavy (non-hydrogen) atoms. The molecule has 2 aromatic heterocycles. The molecule has 0 aliphatic rings. The average Bonchev–Trinajstić information content (AvgIpc) is 3.39. The standard InChI is InChI=1S/C22H24N2O2S2/c1-3-16-8-10-17(11-9-16)22(20-7-5-13-28-20)24-21(26)14-18(23-15(2)25)19-6-4-12-27-19/h4-13,18,22H,3,14H2,1-2H3,(H,23,25)(H,24,26). The molecule has 0 aliphatic heterocycles. The minimum atomic E-state index is -0.316. The lowest BCUT2D eigenvalue weighted by molar-refractivity contribution is -0.123. The van der Waals surface area contributed by atoms with Crippen molar-refractivity contribution in [1.29, 1.82) is 0 Å². The van der Waals surface area contributed by atoms with Crippen molar-refractivity contribution in [1.82, 2.24) is 10.6 Å². The first-order valence-corrected chi connectivity index (χ1v) is 11.0. The molecule has 0 saturated heterocycles. The fourth-order valence-electron chi connectivity index (χ4n) is 3.08. The average molecular weight is 413 g/mol. The van der Waals surface area contributed by atoms with Gasteiger partial charge < -0.3 is 10.6 Å². The Kier molecular flexibility index (Phi) is 7.01. The van der Waals surface area contributed by atoms with Gasteiger partial charge in [-0.1, -0.05) is 43.3 Å². The summed E-state index contributed by atoms with van der Waals surface area (Å²) in [5.74, 6) is -0.235. The molecule has 6 heteroatoms. The molecule has 146 valence electrons. The molecule has 0 bridgehead atoms. The minimum Gasteiger partial charge on any atom is -0.348 e. The van der Waals surface area contributed by atoms with E-state index >= 15 is 0 Å². The molecule has 0 saturated carbocycles. The quantitative estimate of drug-likeness (QED) is 0.556. The van der Waals surface area contributed by atoms with E-state index in [1.807, 2.05) is 35.0 Å². The van der Waals surface area contributed by atoms with Crippen molar-refractivity contribution in [3.63, 3.8) is 0 Å². The highest BCUT2D eigenvalue weighted by molar-refractivity contribution is 7.10. The summed E-state index contributed by atoms with van der Waals surface area (Å²) in [5, 5.41) is 10.0. The molecule has 0 aliphatic carbocycles. The van der Waals surface area contributed by atoms with Crippen molar-refractivity contribution >= 4 is 34.5 Å². The minimum absolute atomic E-state index is 0.0925. The van der Waals surface area contributed by atoms with Gasteiger partial charge in [-0.05, 0) is 40.4 Å². The van der Waals surface area contributed by atoms with Crippen LogP contribution in [0.1, 0.15) is 53.2 Å². The van der Waals surface area contributed by atoms with E-state index in [4.69, 9.17) is 0 Å². The van der Waals surface area contributed by atoms with Crippen molar-refractivity contribution in [2.45, 2.75) is 38.8 Å². The molecule has 0 spiro atoms. The highest BCUT2D eigenvalue weighted by atomic mass is 32.1. The van der Waals surface area contributed by atoms with E-state index in [2.05, 4.69) is 41.8 Å². The number of carbonyl (C=O) groups excluding carboxylic acids is 2. The van der Waals surface area contributed by atoms with Crippen LogP contribution in [0.3, 0.4) is 0 Å². The van der Waals surface area contributed by atoms with E-state index < -0.39 is 0 Å². The molecule has 0 fully saturated rings. The summed E-state index contributed by atoms with van der Waals surface area (Å²) in [7, 11) is 0. The van der Waals surface area contributed by atoms with Crippen LogP contribution in [0.4, 0.5) is 0 Å². The second-order valence-electron chi connectivity index (χ2n) is 6.58. The lowest BCUT2D eigenvalue weighted by Gasteiger charge is -2.21. The number of thiophene rings is 2. The fourth-order valence-corrected chi connectivity index (χ4v) is 4.66. The highest BCUT2D eigenvalue weighted by Crippen LogP contribution is 2.28. The Labute approximate surface area is 173 Å². The van der Waals surface area contributed by atoms with E-state index in [1.165, 1.54) is 23.8 Å². The molecule has 2 amide bonds. The fraction of sp³-hybridized carbons (Fsp3) is 0.273. The summed E-state index contributed by atoms with van der Waals surface area (Å²) in [6.07, 6.45) is 1.19. The van der Waals surface area contributed by atoms with Crippen LogP contribution in [0.25, 0.3) is 0 Å². The van der Waals surface area contributed by atoms with Crippen LogP contribution in [0, 0.1) is 0 Å². The summed E-state index contributed by atoms with van der Waals surface area (Å²) in [4.78, 5) is 26.5. The van der Waals surface area contributed by atoms with Gasteiger partial charge in [-0.3, -0.25) is 9.59 Å². The molecular weight excluding hydrogens is 388 g/mol. The molecule has 2 heterocycles. The third-order valence-electron chi connectivity index (χ3n) is 4.51. The van der Waals surface area contributed by atoms with Crippen LogP contribution in [-0.4, -0.2) is 11.8 Å². The van der Waals surface area contributed by atoms with Crippen molar-refractivity contribution in [2.75, 3.05) is 0 Å². The van der Waals surface area contributed by atoms with Gasteiger partial charge in [-0.2, -0.15) is 0 Å². The normalized spacial score (nSPS) is 12.9. The van der Waals surface area contributed by atoms with Gasteiger partial charge in [0.15, 0.2) is 0 Å². The maximum atomic E-state index is 12.9. The van der Waals surface area contributed by atoms with E-state index in [9.17, 15) is 9.59 Å². The molecule has 0 radical (unpaired) electrons. The van der Waals surface area contributed by atoms with E-state index in [1.54, 1.807) is 11.3 Å². The lowest BCUT2D eigenvalue weighted by Crippen LogP contribution is -2.34. The Hall–Kier alpha value is -2.44. The highest BCUT2D eigenvalue weighted by Gasteiger charge is 2.22. The van der Waals surface area contributed by atoms with Crippen molar-refractivity contribution in [2.24, 2.45) is 0 Å². The molecule has 3 aromatic rings. The van der Waals surface area contributed by atoms with Crippen LogP contribution < -0.4 is 10.6 Å².